The molecule has 0 bridgehead atoms. The maximum atomic E-state index is 13.6. The molecule has 1 rings (SSSR count). The lowest BCUT2D eigenvalue weighted by Gasteiger charge is -2.23. The zero-order chi connectivity index (χ0) is 12.9. The fraction of sp³-hybridized carbons (Fsp3) is 0.538. The summed E-state index contributed by atoms with van der Waals surface area (Å²) in [6.45, 7) is 5.32. The van der Waals surface area contributed by atoms with Crippen molar-refractivity contribution in [1.82, 2.24) is 5.32 Å². The molecule has 1 atom stereocenters. The summed E-state index contributed by atoms with van der Waals surface area (Å²) < 4.78 is 13.6. The van der Waals surface area contributed by atoms with E-state index in [2.05, 4.69) is 5.32 Å². The molecule has 0 spiro atoms. The lowest BCUT2D eigenvalue weighted by Crippen LogP contribution is -2.32. The highest BCUT2D eigenvalue weighted by atomic mass is 35.5. The van der Waals surface area contributed by atoms with E-state index in [1.165, 1.54) is 6.07 Å². The van der Waals surface area contributed by atoms with Gasteiger partial charge in [-0.3, -0.25) is 0 Å². The molecule has 0 aromatic heterocycles. The second-order valence-electron chi connectivity index (χ2n) is 4.51. The van der Waals surface area contributed by atoms with Crippen LogP contribution in [0.4, 0.5) is 4.39 Å². The highest BCUT2D eigenvalue weighted by Gasteiger charge is 2.22. The lowest BCUT2D eigenvalue weighted by molar-refractivity contribution is 0.0508. The molecular weight excluding hydrogens is 241 g/mol. The summed E-state index contributed by atoms with van der Waals surface area (Å²) >= 11 is 5.68. The summed E-state index contributed by atoms with van der Waals surface area (Å²) in [5.74, 6) is -0.360. The van der Waals surface area contributed by atoms with Crippen molar-refractivity contribution in [2.45, 2.75) is 32.3 Å². The number of nitrogens with one attached hydrogen (secondary N) is 1. The van der Waals surface area contributed by atoms with Crippen LogP contribution in [0.5, 0.6) is 0 Å². The molecule has 0 amide bonds. The van der Waals surface area contributed by atoms with Gasteiger partial charge in [0.1, 0.15) is 5.82 Å². The van der Waals surface area contributed by atoms with Crippen LogP contribution in [-0.4, -0.2) is 23.8 Å². The van der Waals surface area contributed by atoms with Crippen molar-refractivity contribution in [3.63, 3.8) is 0 Å². The van der Waals surface area contributed by atoms with E-state index in [-0.39, 0.29) is 5.82 Å². The van der Waals surface area contributed by atoms with Crippen molar-refractivity contribution in [2.24, 2.45) is 0 Å². The minimum absolute atomic E-state index is 0.293. The zero-order valence-electron chi connectivity index (χ0n) is 10.3. The number of hydrogen-bond acceptors (Lipinski definition) is 2. The quantitative estimate of drug-likeness (QED) is 0.770. The fourth-order valence-corrected chi connectivity index (χ4v) is 1.86. The van der Waals surface area contributed by atoms with Crippen LogP contribution in [0.1, 0.15) is 25.8 Å². The molecule has 96 valence electrons. The van der Waals surface area contributed by atoms with Crippen molar-refractivity contribution >= 4 is 11.6 Å². The van der Waals surface area contributed by atoms with Gasteiger partial charge in [0.25, 0.3) is 0 Å². The van der Waals surface area contributed by atoms with Gasteiger partial charge < -0.3 is 10.4 Å². The fourth-order valence-electron chi connectivity index (χ4n) is 1.70. The van der Waals surface area contributed by atoms with E-state index in [1.807, 2.05) is 6.92 Å². The van der Waals surface area contributed by atoms with Crippen LogP contribution < -0.4 is 5.32 Å². The highest BCUT2D eigenvalue weighted by Crippen LogP contribution is 2.21. The van der Waals surface area contributed by atoms with E-state index in [0.717, 1.165) is 13.1 Å². The molecule has 0 aliphatic carbocycles. The first-order valence-electron chi connectivity index (χ1n) is 5.81. The minimum Gasteiger partial charge on any atom is -0.390 e. The Morgan fingerprint density at radius 1 is 1.47 bits per heavy atom. The molecule has 0 radical (unpaired) electrons. The van der Waals surface area contributed by atoms with E-state index in [0.29, 0.717) is 23.4 Å². The molecule has 1 aromatic rings. The Morgan fingerprint density at radius 3 is 2.76 bits per heavy atom. The number of halogens is 2. The van der Waals surface area contributed by atoms with Gasteiger partial charge in [0.15, 0.2) is 0 Å². The van der Waals surface area contributed by atoms with Crippen molar-refractivity contribution in [2.75, 3.05) is 13.1 Å². The van der Waals surface area contributed by atoms with Gasteiger partial charge in [-0.05, 0) is 44.1 Å². The molecule has 2 nitrogen and oxygen atoms in total. The summed E-state index contributed by atoms with van der Waals surface area (Å²) in [7, 11) is 0. The van der Waals surface area contributed by atoms with Crippen LogP contribution in [0.2, 0.25) is 5.02 Å². The molecule has 0 heterocycles. The van der Waals surface area contributed by atoms with Crippen molar-refractivity contribution in [1.29, 1.82) is 0 Å². The highest BCUT2D eigenvalue weighted by molar-refractivity contribution is 6.30. The molecule has 0 aliphatic heterocycles. The second-order valence-corrected chi connectivity index (χ2v) is 4.95. The Morgan fingerprint density at radius 2 is 2.18 bits per heavy atom. The van der Waals surface area contributed by atoms with Gasteiger partial charge in [0, 0.05) is 11.4 Å². The van der Waals surface area contributed by atoms with E-state index in [9.17, 15) is 9.50 Å². The van der Waals surface area contributed by atoms with Gasteiger partial charge in [0.05, 0.1) is 5.60 Å². The molecule has 4 heteroatoms. The summed E-state index contributed by atoms with van der Waals surface area (Å²) in [4.78, 5) is 0. The third-order valence-electron chi connectivity index (χ3n) is 2.68. The Kier molecular flexibility index (Phi) is 5.37. The number of rotatable bonds is 6. The van der Waals surface area contributed by atoms with Gasteiger partial charge in [0.2, 0.25) is 0 Å². The van der Waals surface area contributed by atoms with Crippen LogP contribution >= 0.6 is 11.6 Å². The van der Waals surface area contributed by atoms with Crippen LogP contribution in [0.3, 0.4) is 0 Å². The topological polar surface area (TPSA) is 32.3 Å². The monoisotopic (exact) mass is 259 g/mol. The zero-order valence-corrected chi connectivity index (χ0v) is 11.0. The number of hydrogen-bond donors (Lipinski definition) is 2. The summed E-state index contributed by atoms with van der Waals surface area (Å²) in [5.41, 5.74) is -0.410. The van der Waals surface area contributed by atoms with Gasteiger partial charge in [-0.25, -0.2) is 4.39 Å². The van der Waals surface area contributed by atoms with Crippen molar-refractivity contribution in [3.8, 4) is 0 Å². The van der Waals surface area contributed by atoms with Gasteiger partial charge in [-0.1, -0.05) is 24.6 Å². The minimum atomic E-state index is -0.906. The maximum Gasteiger partial charge on any atom is 0.127 e. The van der Waals surface area contributed by atoms with Crippen molar-refractivity contribution < 1.29 is 9.50 Å². The largest absolute Gasteiger partial charge is 0.390 e. The predicted octanol–water partition coefficient (Wildman–Crippen LogP) is 2.77. The molecule has 1 aromatic carbocycles. The molecule has 17 heavy (non-hydrogen) atoms. The molecule has 0 fully saturated rings. The third-order valence-corrected chi connectivity index (χ3v) is 2.91. The first-order chi connectivity index (χ1) is 7.94. The molecule has 1 unspecified atom stereocenters. The second kappa shape index (κ2) is 6.34. The van der Waals surface area contributed by atoms with Crippen molar-refractivity contribution in [3.05, 3.63) is 34.6 Å². The molecular formula is C13H19ClFNO. The predicted molar refractivity (Wildman–Crippen MR) is 68.9 cm³/mol. The van der Waals surface area contributed by atoms with Crippen LogP contribution in [0.15, 0.2) is 18.2 Å². The molecule has 0 saturated carbocycles. The third kappa shape index (κ3) is 5.02. The average Bonchev–Trinajstić information content (AvgIpc) is 2.22. The summed E-state index contributed by atoms with van der Waals surface area (Å²) in [6, 6.07) is 4.54. The number of aliphatic hydroxyl groups is 1. The Hall–Kier alpha value is -0.640. The van der Waals surface area contributed by atoms with Crippen LogP contribution in [0.25, 0.3) is 0 Å². The normalized spacial score (nSPS) is 14.6. The Balaban J connectivity index is 2.62. The Labute approximate surface area is 107 Å². The molecule has 0 saturated heterocycles. The lowest BCUT2D eigenvalue weighted by atomic mass is 9.93. The summed E-state index contributed by atoms with van der Waals surface area (Å²) in [5, 5.41) is 13.7. The van der Waals surface area contributed by atoms with E-state index >= 15 is 0 Å². The smallest absolute Gasteiger partial charge is 0.127 e. The van der Waals surface area contributed by atoms with Gasteiger partial charge >= 0.3 is 0 Å². The average molecular weight is 260 g/mol. The molecule has 2 N–H and O–H groups in total. The van der Waals surface area contributed by atoms with Gasteiger partial charge in [-0.15, -0.1) is 0 Å². The SMILES string of the molecule is CCNCCC(C)(O)Cc1ccc(Cl)cc1F. The first kappa shape index (κ1) is 14.4. The van der Waals surface area contributed by atoms with E-state index in [1.54, 1.807) is 19.1 Å². The Bertz CT molecular complexity index is 368. The van der Waals surface area contributed by atoms with E-state index in [4.69, 9.17) is 11.6 Å². The van der Waals surface area contributed by atoms with Crippen LogP contribution in [0, 0.1) is 5.82 Å². The maximum absolute atomic E-state index is 13.6. The number of benzene rings is 1. The van der Waals surface area contributed by atoms with Gasteiger partial charge in [-0.2, -0.15) is 0 Å². The summed E-state index contributed by atoms with van der Waals surface area (Å²) in [6.07, 6.45) is 0.879. The standard InChI is InChI=1S/C13H19ClFNO/c1-3-16-7-6-13(2,17)9-10-4-5-11(14)8-12(10)15/h4-5,8,16-17H,3,6-7,9H2,1-2H3. The van der Waals surface area contributed by atoms with Crippen LogP contribution in [-0.2, 0) is 6.42 Å². The molecule has 0 aliphatic rings. The first-order valence-corrected chi connectivity index (χ1v) is 6.19. The van der Waals surface area contributed by atoms with E-state index < -0.39 is 5.60 Å².